The number of aliphatic hydroxyl groups is 1. The molecule has 3 N–H and O–H groups in total. The summed E-state index contributed by atoms with van der Waals surface area (Å²) in [7, 11) is 0. The lowest BCUT2D eigenvalue weighted by Crippen LogP contribution is -2.86. The van der Waals surface area contributed by atoms with Gasteiger partial charge in [0.05, 0.1) is 0 Å². The zero-order valence-electron chi connectivity index (χ0n) is 14.3. The molecule has 0 aliphatic carbocycles. The Morgan fingerprint density at radius 2 is 1.44 bits per heavy atom. The molecule has 0 saturated carbocycles. The topological polar surface area (TPSA) is 36.8 Å². The Balaban J connectivity index is 1.81. The Hall–Kier alpha value is -2.13. The monoisotopic (exact) mass is 352 g/mol. The third-order valence-corrected chi connectivity index (χ3v) is 4.77. The van der Waals surface area contributed by atoms with Gasteiger partial charge in [0.2, 0.25) is 0 Å². The predicted molar refractivity (Wildman–Crippen MR) is 103 cm³/mol. The summed E-state index contributed by atoms with van der Waals surface area (Å²) in [5, 5.41) is 14.3. The summed E-state index contributed by atoms with van der Waals surface area (Å²) >= 11 is 6.02. The van der Waals surface area contributed by atoms with Crippen LogP contribution in [0.1, 0.15) is 22.3 Å². The lowest BCUT2D eigenvalue weighted by Gasteiger charge is -2.28. The normalized spacial score (nSPS) is 13.4. The summed E-state index contributed by atoms with van der Waals surface area (Å²) < 4.78 is 0. The molecule has 25 heavy (non-hydrogen) atoms. The maximum atomic E-state index is 11.5. The molecule has 3 aromatic rings. The lowest BCUT2D eigenvalue weighted by atomic mass is 9.86. The smallest absolute Gasteiger partial charge is 0.163 e. The average molecular weight is 353 g/mol. The quantitative estimate of drug-likeness (QED) is 0.698. The Morgan fingerprint density at radius 3 is 2.08 bits per heavy atom. The maximum absolute atomic E-state index is 11.5. The van der Waals surface area contributed by atoms with E-state index >= 15 is 0 Å². The summed E-state index contributed by atoms with van der Waals surface area (Å²) in [4.78, 5) is 0. The second-order valence-electron chi connectivity index (χ2n) is 6.42. The number of rotatable bonds is 6. The van der Waals surface area contributed by atoms with Gasteiger partial charge in [-0.15, -0.1) is 0 Å². The molecule has 3 rings (SSSR count). The van der Waals surface area contributed by atoms with Crippen LogP contribution in [0.4, 0.5) is 0 Å². The van der Waals surface area contributed by atoms with Gasteiger partial charge < -0.3 is 10.4 Å². The number of hydrogen-bond donors (Lipinski definition) is 2. The number of quaternary nitrogens is 1. The van der Waals surface area contributed by atoms with E-state index in [9.17, 15) is 5.11 Å². The van der Waals surface area contributed by atoms with E-state index in [1.807, 2.05) is 54.6 Å². The van der Waals surface area contributed by atoms with E-state index in [1.165, 1.54) is 11.1 Å². The summed E-state index contributed by atoms with van der Waals surface area (Å²) in [6.45, 7) is 3.44. The number of hydrogen-bond acceptors (Lipinski definition) is 1. The van der Waals surface area contributed by atoms with Crippen LogP contribution in [0.2, 0.25) is 5.02 Å². The van der Waals surface area contributed by atoms with Crippen molar-refractivity contribution in [1.82, 2.24) is 0 Å². The molecule has 128 valence electrons. The van der Waals surface area contributed by atoms with Gasteiger partial charge in [-0.1, -0.05) is 83.9 Å². The highest BCUT2D eigenvalue weighted by Gasteiger charge is 2.33. The fourth-order valence-corrected chi connectivity index (χ4v) is 3.14. The van der Waals surface area contributed by atoms with Crippen molar-refractivity contribution in [2.45, 2.75) is 19.1 Å². The second kappa shape index (κ2) is 7.83. The van der Waals surface area contributed by atoms with Crippen molar-refractivity contribution in [3.05, 3.63) is 106 Å². The number of benzene rings is 3. The zero-order valence-corrected chi connectivity index (χ0v) is 15.1. The standard InChI is InChI=1S/C22H22ClNO/c1-17-7-9-18(10-8-17)15-24-16-22(25,19-5-3-2-4-6-19)20-11-13-21(23)14-12-20/h2-14,24-25H,15-16H2,1H3/p+1/t22-/m1/s1. The molecule has 1 atom stereocenters. The fraction of sp³-hybridized carbons (Fsp3) is 0.182. The van der Waals surface area contributed by atoms with Gasteiger partial charge in [0, 0.05) is 10.6 Å². The van der Waals surface area contributed by atoms with Crippen LogP contribution in [-0.4, -0.2) is 11.7 Å². The lowest BCUT2D eigenvalue weighted by molar-refractivity contribution is -0.682. The van der Waals surface area contributed by atoms with Gasteiger partial charge >= 0.3 is 0 Å². The van der Waals surface area contributed by atoms with E-state index in [0.717, 1.165) is 17.7 Å². The highest BCUT2D eigenvalue weighted by atomic mass is 35.5. The number of halogens is 1. The Morgan fingerprint density at radius 1 is 0.840 bits per heavy atom. The number of aryl methyl sites for hydroxylation is 1. The van der Waals surface area contributed by atoms with Gasteiger partial charge in [0.15, 0.2) is 5.60 Å². The molecule has 0 amide bonds. The molecule has 0 heterocycles. The van der Waals surface area contributed by atoms with Gasteiger partial charge in [-0.2, -0.15) is 0 Å². The third-order valence-electron chi connectivity index (χ3n) is 4.51. The molecule has 0 unspecified atom stereocenters. The molecule has 3 heteroatoms. The maximum Gasteiger partial charge on any atom is 0.163 e. The van der Waals surface area contributed by atoms with Crippen LogP contribution in [0.5, 0.6) is 0 Å². The fourth-order valence-electron chi connectivity index (χ4n) is 3.01. The molecule has 2 nitrogen and oxygen atoms in total. The van der Waals surface area contributed by atoms with Gasteiger partial charge in [-0.3, -0.25) is 0 Å². The van der Waals surface area contributed by atoms with Crippen LogP contribution in [0.25, 0.3) is 0 Å². The van der Waals surface area contributed by atoms with Crippen LogP contribution in [0.3, 0.4) is 0 Å². The van der Waals surface area contributed by atoms with Crippen LogP contribution < -0.4 is 5.32 Å². The van der Waals surface area contributed by atoms with Crippen molar-refractivity contribution in [2.24, 2.45) is 0 Å². The van der Waals surface area contributed by atoms with Gasteiger partial charge in [-0.25, -0.2) is 0 Å². The van der Waals surface area contributed by atoms with E-state index in [1.54, 1.807) is 0 Å². The first kappa shape index (κ1) is 17.7. The average Bonchev–Trinajstić information content (AvgIpc) is 2.64. The summed E-state index contributed by atoms with van der Waals surface area (Å²) in [6.07, 6.45) is 0. The van der Waals surface area contributed by atoms with Crippen molar-refractivity contribution in [2.75, 3.05) is 6.54 Å². The van der Waals surface area contributed by atoms with Crippen molar-refractivity contribution in [3.63, 3.8) is 0 Å². The summed E-state index contributed by atoms with van der Waals surface area (Å²) in [5.41, 5.74) is 3.18. The predicted octanol–water partition coefficient (Wildman–Crippen LogP) is 3.65. The molecular weight excluding hydrogens is 330 g/mol. The molecule has 0 aromatic heterocycles. The van der Waals surface area contributed by atoms with Crippen molar-refractivity contribution < 1.29 is 10.4 Å². The minimum atomic E-state index is -1.06. The van der Waals surface area contributed by atoms with E-state index < -0.39 is 5.60 Å². The van der Waals surface area contributed by atoms with E-state index in [2.05, 4.69) is 36.5 Å². The van der Waals surface area contributed by atoms with E-state index in [4.69, 9.17) is 11.6 Å². The minimum absolute atomic E-state index is 0.534. The van der Waals surface area contributed by atoms with Crippen LogP contribution >= 0.6 is 11.6 Å². The first-order chi connectivity index (χ1) is 12.1. The molecule has 0 spiro atoms. The van der Waals surface area contributed by atoms with Crippen molar-refractivity contribution in [3.8, 4) is 0 Å². The second-order valence-corrected chi connectivity index (χ2v) is 6.85. The Kier molecular flexibility index (Phi) is 5.54. The largest absolute Gasteiger partial charge is 0.375 e. The van der Waals surface area contributed by atoms with Gasteiger partial charge in [0.25, 0.3) is 0 Å². The van der Waals surface area contributed by atoms with Crippen molar-refractivity contribution >= 4 is 11.6 Å². The molecule has 0 radical (unpaired) electrons. The summed E-state index contributed by atoms with van der Waals surface area (Å²) in [5.74, 6) is 0. The van der Waals surface area contributed by atoms with Crippen LogP contribution in [0, 0.1) is 6.92 Å². The molecule has 0 aliphatic rings. The molecule has 0 bridgehead atoms. The SMILES string of the molecule is Cc1ccc(C[NH2+]C[C@@](O)(c2ccccc2)c2ccc(Cl)cc2)cc1. The Bertz CT molecular complexity index is 800. The molecule has 3 aromatic carbocycles. The highest BCUT2D eigenvalue weighted by Crippen LogP contribution is 2.29. The molecule has 0 fully saturated rings. The van der Waals surface area contributed by atoms with Crippen LogP contribution in [0.15, 0.2) is 78.9 Å². The van der Waals surface area contributed by atoms with Gasteiger partial charge in [-0.05, 0) is 30.2 Å². The first-order valence-corrected chi connectivity index (χ1v) is 8.87. The molecular formula is C22H23ClNO+. The highest BCUT2D eigenvalue weighted by molar-refractivity contribution is 6.30. The first-order valence-electron chi connectivity index (χ1n) is 8.49. The summed E-state index contributed by atoms with van der Waals surface area (Å²) in [6, 6.07) is 25.7. The Labute approximate surface area is 154 Å². The van der Waals surface area contributed by atoms with Crippen LogP contribution in [-0.2, 0) is 12.1 Å². The van der Waals surface area contributed by atoms with E-state index in [-0.39, 0.29) is 0 Å². The number of nitrogens with two attached hydrogens (primary N) is 1. The molecule has 0 aliphatic heterocycles. The minimum Gasteiger partial charge on any atom is -0.375 e. The van der Waals surface area contributed by atoms with E-state index in [0.29, 0.717) is 11.6 Å². The third kappa shape index (κ3) is 4.29. The zero-order chi connectivity index (χ0) is 17.7. The van der Waals surface area contributed by atoms with Crippen molar-refractivity contribution in [1.29, 1.82) is 0 Å². The van der Waals surface area contributed by atoms with Gasteiger partial charge in [0.1, 0.15) is 13.1 Å². The molecule has 0 saturated heterocycles.